The van der Waals surface area contributed by atoms with E-state index in [1.54, 1.807) is 0 Å². The molecular weight excluding hydrogens is 500 g/mol. The standard InChI is InChI=1S/C31H48O4S2/c1-27(2,3)21-13-19(14-22(25(21)34)28(4,5)6)36-31(17-32,18-33)37-20-15-23(29(7,8)9)26(35)24(16-20)30(10,11)12/h13-16,32-35H,17-18H2,1-12H3. The molecule has 37 heavy (non-hydrogen) atoms. The Morgan fingerprint density at radius 3 is 0.865 bits per heavy atom. The first-order valence-corrected chi connectivity index (χ1v) is 14.5. The van der Waals surface area contributed by atoms with Gasteiger partial charge < -0.3 is 20.4 Å². The van der Waals surface area contributed by atoms with Crippen molar-refractivity contribution >= 4 is 23.5 Å². The number of aliphatic hydroxyl groups excluding tert-OH is 2. The maximum absolute atomic E-state index is 11.1. The normalized spacial score (nSPS) is 13.8. The molecule has 0 atom stereocenters. The fourth-order valence-corrected chi connectivity index (χ4v) is 6.82. The van der Waals surface area contributed by atoms with Crippen LogP contribution in [-0.2, 0) is 21.7 Å². The number of benzene rings is 2. The zero-order valence-corrected chi connectivity index (χ0v) is 26.5. The molecule has 6 heteroatoms. The molecule has 0 saturated carbocycles. The van der Waals surface area contributed by atoms with E-state index in [9.17, 15) is 20.4 Å². The van der Waals surface area contributed by atoms with Gasteiger partial charge in [0.2, 0.25) is 0 Å². The fourth-order valence-electron chi connectivity index (χ4n) is 4.25. The number of aromatic hydroxyl groups is 2. The smallest absolute Gasteiger partial charge is 0.123 e. The van der Waals surface area contributed by atoms with Crippen molar-refractivity contribution in [1.29, 1.82) is 0 Å². The van der Waals surface area contributed by atoms with E-state index in [4.69, 9.17) is 0 Å². The van der Waals surface area contributed by atoms with Gasteiger partial charge in [-0.05, 0) is 45.9 Å². The van der Waals surface area contributed by atoms with Crippen LogP contribution in [0, 0.1) is 0 Å². The predicted octanol–water partition coefficient (Wildman–Crippen LogP) is 7.85. The van der Waals surface area contributed by atoms with Crippen molar-refractivity contribution in [2.75, 3.05) is 13.2 Å². The van der Waals surface area contributed by atoms with Crippen molar-refractivity contribution < 1.29 is 20.4 Å². The van der Waals surface area contributed by atoms with Gasteiger partial charge in [-0.1, -0.05) is 83.1 Å². The van der Waals surface area contributed by atoms with Gasteiger partial charge in [0.1, 0.15) is 15.6 Å². The average molecular weight is 549 g/mol. The lowest BCUT2D eigenvalue weighted by atomic mass is 9.79. The highest BCUT2D eigenvalue weighted by atomic mass is 32.2. The van der Waals surface area contributed by atoms with Crippen LogP contribution >= 0.6 is 23.5 Å². The Morgan fingerprint density at radius 2 is 0.703 bits per heavy atom. The summed E-state index contributed by atoms with van der Waals surface area (Å²) in [7, 11) is 0. The molecule has 0 unspecified atom stereocenters. The minimum atomic E-state index is -0.970. The Hall–Kier alpha value is -1.34. The number of phenolic OH excluding ortho intramolecular Hbond substituents is 2. The molecule has 0 fully saturated rings. The SMILES string of the molecule is CC(C)(C)c1cc(SC(CO)(CO)Sc2cc(C(C)(C)C)c(O)c(C(C)(C)C)c2)cc(C(C)(C)C)c1O. The van der Waals surface area contributed by atoms with E-state index in [-0.39, 0.29) is 34.9 Å². The summed E-state index contributed by atoms with van der Waals surface area (Å²) in [6.45, 7) is 24.3. The molecule has 0 aromatic heterocycles. The maximum atomic E-state index is 11.1. The molecule has 0 spiro atoms. The van der Waals surface area contributed by atoms with Gasteiger partial charge in [0.05, 0.1) is 13.2 Å². The van der Waals surface area contributed by atoms with Crippen LogP contribution < -0.4 is 0 Å². The molecule has 0 radical (unpaired) electrons. The summed E-state index contributed by atoms with van der Waals surface area (Å²) in [5, 5.41) is 43.5. The molecule has 0 aliphatic carbocycles. The predicted molar refractivity (Wildman–Crippen MR) is 160 cm³/mol. The van der Waals surface area contributed by atoms with Crippen LogP contribution in [0.4, 0.5) is 0 Å². The molecule has 0 aliphatic heterocycles. The lowest BCUT2D eigenvalue weighted by Crippen LogP contribution is -2.30. The van der Waals surface area contributed by atoms with E-state index in [0.29, 0.717) is 11.5 Å². The third-order valence-electron chi connectivity index (χ3n) is 6.49. The summed E-state index contributed by atoms with van der Waals surface area (Å²) >= 11 is 2.84. The summed E-state index contributed by atoms with van der Waals surface area (Å²) in [5.41, 5.74) is 2.23. The van der Waals surface area contributed by atoms with Gasteiger partial charge >= 0.3 is 0 Å². The van der Waals surface area contributed by atoms with Crippen molar-refractivity contribution in [1.82, 2.24) is 0 Å². The summed E-state index contributed by atoms with van der Waals surface area (Å²) in [4.78, 5) is 1.77. The van der Waals surface area contributed by atoms with Gasteiger partial charge in [0, 0.05) is 32.0 Å². The number of phenols is 2. The summed E-state index contributed by atoms with van der Waals surface area (Å²) in [6.07, 6.45) is 0. The Balaban J connectivity index is 2.69. The third kappa shape index (κ3) is 7.40. The first-order valence-electron chi connectivity index (χ1n) is 12.9. The fraction of sp³-hybridized carbons (Fsp3) is 0.613. The zero-order valence-electron chi connectivity index (χ0n) is 24.8. The maximum Gasteiger partial charge on any atom is 0.123 e. The first kappa shape index (κ1) is 31.9. The van der Waals surface area contributed by atoms with Crippen molar-refractivity contribution in [3.63, 3.8) is 0 Å². The highest BCUT2D eigenvalue weighted by Gasteiger charge is 2.36. The zero-order chi connectivity index (χ0) is 28.8. The first-order chi connectivity index (χ1) is 16.6. The molecule has 0 saturated heterocycles. The van der Waals surface area contributed by atoms with E-state index in [2.05, 4.69) is 83.1 Å². The monoisotopic (exact) mass is 548 g/mol. The quantitative estimate of drug-likeness (QED) is 0.217. The van der Waals surface area contributed by atoms with Gasteiger partial charge in [-0.3, -0.25) is 0 Å². The molecule has 2 rings (SSSR count). The highest BCUT2D eigenvalue weighted by Crippen LogP contribution is 2.51. The molecule has 2 aromatic rings. The van der Waals surface area contributed by atoms with Gasteiger partial charge in [0.25, 0.3) is 0 Å². The molecule has 4 N–H and O–H groups in total. The summed E-state index contributed by atoms with van der Waals surface area (Å²) < 4.78 is -0.970. The molecule has 208 valence electrons. The third-order valence-corrected chi connectivity index (χ3v) is 9.19. The van der Waals surface area contributed by atoms with Crippen LogP contribution in [0.2, 0.25) is 0 Å². The molecule has 4 nitrogen and oxygen atoms in total. The van der Waals surface area contributed by atoms with Crippen molar-refractivity contribution in [2.24, 2.45) is 0 Å². The van der Waals surface area contributed by atoms with E-state index >= 15 is 0 Å². The van der Waals surface area contributed by atoms with Gasteiger partial charge in [-0.2, -0.15) is 0 Å². The Bertz CT molecular complexity index is 950. The van der Waals surface area contributed by atoms with Crippen molar-refractivity contribution in [3.05, 3.63) is 46.5 Å². The van der Waals surface area contributed by atoms with Gasteiger partial charge in [-0.25, -0.2) is 0 Å². The van der Waals surface area contributed by atoms with Gasteiger partial charge in [0.15, 0.2) is 0 Å². The number of thioether (sulfide) groups is 2. The van der Waals surface area contributed by atoms with E-state index in [1.807, 2.05) is 24.3 Å². The minimum absolute atomic E-state index is 0.258. The Kier molecular flexibility index (Phi) is 9.19. The lowest BCUT2D eigenvalue weighted by molar-refractivity contribution is 0.215. The summed E-state index contributed by atoms with van der Waals surface area (Å²) in [6, 6.07) is 7.92. The highest BCUT2D eigenvalue weighted by molar-refractivity contribution is 8.18. The molecule has 2 aromatic carbocycles. The number of hydrogen-bond donors (Lipinski definition) is 4. The van der Waals surface area contributed by atoms with Crippen molar-refractivity contribution in [3.8, 4) is 11.5 Å². The van der Waals surface area contributed by atoms with E-state index < -0.39 is 4.08 Å². The molecule has 0 amide bonds. The Labute approximate surface area is 233 Å². The minimum Gasteiger partial charge on any atom is -0.507 e. The van der Waals surface area contributed by atoms with Gasteiger partial charge in [-0.15, -0.1) is 23.5 Å². The van der Waals surface area contributed by atoms with E-state index in [1.165, 1.54) is 23.5 Å². The number of hydrogen-bond acceptors (Lipinski definition) is 6. The topological polar surface area (TPSA) is 80.9 Å². The largest absolute Gasteiger partial charge is 0.507 e. The van der Waals surface area contributed by atoms with Crippen LogP contribution in [0.5, 0.6) is 11.5 Å². The number of aliphatic hydroxyl groups is 2. The molecule has 0 heterocycles. The second-order valence-electron chi connectivity index (χ2n) is 14.2. The average Bonchev–Trinajstić information content (AvgIpc) is 2.72. The van der Waals surface area contributed by atoms with E-state index in [0.717, 1.165) is 32.0 Å². The lowest BCUT2D eigenvalue weighted by Gasteiger charge is -2.33. The van der Waals surface area contributed by atoms with Crippen molar-refractivity contribution in [2.45, 2.75) is 119 Å². The second-order valence-corrected chi connectivity index (χ2v) is 17.3. The molecule has 0 bridgehead atoms. The molecular formula is C31H48O4S2. The molecule has 0 aliphatic rings. The van der Waals surface area contributed by atoms with Crippen LogP contribution in [-0.4, -0.2) is 37.7 Å². The van der Waals surface area contributed by atoms with Crippen LogP contribution in [0.3, 0.4) is 0 Å². The Morgan fingerprint density at radius 1 is 0.486 bits per heavy atom. The van der Waals surface area contributed by atoms with Crippen LogP contribution in [0.1, 0.15) is 105 Å². The second kappa shape index (κ2) is 10.7. The van der Waals surface area contributed by atoms with Crippen LogP contribution in [0.15, 0.2) is 34.1 Å². The summed E-state index contributed by atoms with van der Waals surface area (Å²) in [5.74, 6) is 0.609. The van der Waals surface area contributed by atoms with Crippen LogP contribution in [0.25, 0.3) is 0 Å². The number of rotatable bonds is 6.